The zero-order chi connectivity index (χ0) is 18.4. The van der Waals surface area contributed by atoms with Crippen molar-refractivity contribution in [2.75, 3.05) is 5.32 Å². The van der Waals surface area contributed by atoms with E-state index in [9.17, 15) is 14.4 Å². The molecule has 1 N–H and O–H groups in total. The number of rotatable bonds is 3. The highest BCUT2D eigenvalue weighted by Gasteiger charge is 2.50. The summed E-state index contributed by atoms with van der Waals surface area (Å²) in [4.78, 5) is 43.5. The van der Waals surface area contributed by atoms with Crippen LogP contribution >= 0.6 is 11.3 Å². The lowest BCUT2D eigenvalue weighted by Gasteiger charge is -2.21. The molecule has 6 nitrogen and oxygen atoms in total. The zero-order valence-electron chi connectivity index (χ0n) is 14.8. The summed E-state index contributed by atoms with van der Waals surface area (Å²) in [6.45, 7) is 3.61. The Balaban J connectivity index is 1.52. The van der Waals surface area contributed by atoms with E-state index in [0.29, 0.717) is 5.13 Å². The molecule has 136 valence electrons. The molecule has 0 bridgehead atoms. The van der Waals surface area contributed by atoms with E-state index in [0.717, 1.165) is 41.5 Å². The summed E-state index contributed by atoms with van der Waals surface area (Å²) in [5, 5.41) is 3.26. The number of anilines is 1. The van der Waals surface area contributed by atoms with Crippen molar-refractivity contribution in [2.45, 2.75) is 45.6 Å². The van der Waals surface area contributed by atoms with Crippen LogP contribution in [-0.4, -0.2) is 33.6 Å². The number of imide groups is 1. The number of carbonyl (C=O) groups excluding carboxylic acids is 3. The first kappa shape index (κ1) is 17.1. The van der Waals surface area contributed by atoms with Gasteiger partial charge in [-0.25, -0.2) is 4.98 Å². The third-order valence-electron chi connectivity index (χ3n) is 5.42. The minimum absolute atomic E-state index is 0.192. The van der Waals surface area contributed by atoms with Gasteiger partial charge in [0.15, 0.2) is 5.13 Å². The van der Waals surface area contributed by atoms with Crippen molar-refractivity contribution in [1.29, 1.82) is 0 Å². The average Bonchev–Trinajstić information content (AvgIpc) is 3.13. The first-order valence-corrected chi connectivity index (χ1v) is 9.82. The van der Waals surface area contributed by atoms with Crippen LogP contribution in [0.5, 0.6) is 0 Å². The highest BCUT2D eigenvalue weighted by atomic mass is 32.1. The van der Waals surface area contributed by atoms with Crippen molar-refractivity contribution in [3.8, 4) is 0 Å². The molecule has 3 unspecified atom stereocenters. The first-order valence-electron chi connectivity index (χ1n) is 9.00. The number of thiazole rings is 1. The number of benzene rings is 1. The van der Waals surface area contributed by atoms with E-state index in [1.54, 1.807) is 6.92 Å². The second-order valence-corrected chi connectivity index (χ2v) is 8.23. The van der Waals surface area contributed by atoms with Crippen LogP contribution < -0.4 is 5.32 Å². The molecule has 3 amide bonds. The Morgan fingerprint density at radius 2 is 1.88 bits per heavy atom. The van der Waals surface area contributed by atoms with Gasteiger partial charge >= 0.3 is 0 Å². The van der Waals surface area contributed by atoms with Gasteiger partial charge in [0.2, 0.25) is 17.7 Å². The van der Waals surface area contributed by atoms with E-state index in [-0.39, 0.29) is 29.6 Å². The second-order valence-electron chi connectivity index (χ2n) is 7.20. The van der Waals surface area contributed by atoms with E-state index in [2.05, 4.69) is 10.3 Å². The molecule has 4 rings (SSSR count). The largest absolute Gasteiger partial charge is 0.300 e. The molecule has 1 aliphatic heterocycles. The molecule has 2 fully saturated rings. The van der Waals surface area contributed by atoms with Gasteiger partial charge in [-0.1, -0.05) is 30.2 Å². The molecule has 2 heterocycles. The normalized spacial score (nSPS) is 24.0. The molecule has 1 aromatic heterocycles. The fourth-order valence-corrected chi connectivity index (χ4v) is 4.95. The molecule has 1 saturated heterocycles. The molecule has 2 aliphatic rings. The van der Waals surface area contributed by atoms with Gasteiger partial charge in [0.1, 0.15) is 6.04 Å². The van der Waals surface area contributed by atoms with Crippen molar-refractivity contribution in [3.05, 3.63) is 23.8 Å². The van der Waals surface area contributed by atoms with Gasteiger partial charge in [-0.2, -0.15) is 0 Å². The number of nitrogens with zero attached hydrogens (tertiary/aromatic N) is 2. The molecular formula is C19H21N3O3S. The monoisotopic (exact) mass is 371 g/mol. The smallest absolute Gasteiger partial charge is 0.249 e. The number of likely N-dealkylation sites (tertiary alicyclic amines) is 1. The highest BCUT2D eigenvalue weighted by molar-refractivity contribution is 7.22. The maximum Gasteiger partial charge on any atom is 0.249 e. The average molecular weight is 371 g/mol. The van der Waals surface area contributed by atoms with Gasteiger partial charge in [-0.15, -0.1) is 0 Å². The molecule has 1 aromatic carbocycles. The fraction of sp³-hybridized carbons (Fsp3) is 0.474. The minimum Gasteiger partial charge on any atom is -0.300 e. The van der Waals surface area contributed by atoms with E-state index < -0.39 is 6.04 Å². The lowest BCUT2D eigenvalue weighted by molar-refractivity contribution is -0.146. The molecule has 1 aliphatic carbocycles. The molecule has 7 heteroatoms. The molecular weight excluding hydrogens is 350 g/mol. The van der Waals surface area contributed by atoms with Crippen LogP contribution in [0.15, 0.2) is 18.2 Å². The quantitative estimate of drug-likeness (QED) is 0.841. The van der Waals surface area contributed by atoms with Gasteiger partial charge in [-0.05, 0) is 44.4 Å². The van der Waals surface area contributed by atoms with Crippen LogP contribution in [-0.2, 0) is 14.4 Å². The van der Waals surface area contributed by atoms with Crippen LogP contribution in [0.1, 0.15) is 38.2 Å². The maximum absolute atomic E-state index is 12.6. The molecule has 26 heavy (non-hydrogen) atoms. The second kappa shape index (κ2) is 6.46. The molecule has 0 radical (unpaired) electrons. The highest BCUT2D eigenvalue weighted by Crippen LogP contribution is 2.39. The lowest BCUT2D eigenvalue weighted by Crippen LogP contribution is -2.46. The number of nitrogens with one attached hydrogen (secondary N) is 1. The fourth-order valence-electron chi connectivity index (χ4n) is 3.98. The van der Waals surface area contributed by atoms with E-state index in [1.165, 1.54) is 16.2 Å². The third kappa shape index (κ3) is 2.80. The Hall–Kier alpha value is -2.28. The van der Waals surface area contributed by atoms with Crippen molar-refractivity contribution in [2.24, 2.45) is 11.8 Å². The summed E-state index contributed by atoms with van der Waals surface area (Å²) in [5.41, 5.74) is 1.95. The Bertz CT molecular complexity index is 883. The van der Waals surface area contributed by atoms with Gasteiger partial charge in [0.25, 0.3) is 0 Å². The van der Waals surface area contributed by atoms with Gasteiger partial charge in [-0.3, -0.25) is 19.3 Å². The number of fused-ring (bicyclic) bond motifs is 2. The van der Waals surface area contributed by atoms with Crippen LogP contribution in [0.2, 0.25) is 0 Å². The van der Waals surface area contributed by atoms with Crippen LogP contribution in [0.4, 0.5) is 5.13 Å². The van der Waals surface area contributed by atoms with Crippen molar-refractivity contribution >= 4 is 44.4 Å². The van der Waals surface area contributed by atoms with Crippen molar-refractivity contribution < 1.29 is 14.4 Å². The topological polar surface area (TPSA) is 79.4 Å². The van der Waals surface area contributed by atoms with E-state index in [4.69, 9.17) is 0 Å². The maximum atomic E-state index is 12.6. The Labute approximate surface area is 155 Å². The number of hydrogen-bond donors (Lipinski definition) is 1. The Morgan fingerprint density at radius 1 is 1.23 bits per heavy atom. The van der Waals surface area contributed by atoms with Crippen LogP contribution in [0.25, 0.3) is 10.2 Å². The minimum atomic E-state index is -0.825. The number of hydrogen-bond acceptors (Lipinski definition) is 5. The van der Waals surface area contributed by atoms with Crippen LogP contribution in [0, 0.1) is 18.8 Å². The standard InChI is InChI=1S/C19H21N3O3S/c1-10-7-8-14-15(9-10)26-19(20-14)21-16(23)11(2)22-17(24)12-5-3-4-6-13(12)18(22)25/h7-9,11-13H,3-6H2,1-2H3,(H,20,21,23). The third-order valence-corrected chi connectivity index (χ3v) is 6.35. The SMILES string of the molecule is Cc1ccc2nc(NC(=O)C(C)N3C(=O)C4CCCCC4C3=O)sc2c1. The van der Waals surface area contributed by atoms with Gasteiger partial charge < -0.3 is 5.32 Å². The molecule has 0 spiro atoms. The molecule has 3 atom stereocenters. The Kier molecular flexibility index (Phi) is 4.26. The summed E-state index contributed by atoms with van der Waals surface area (Å²) in [7, 11) is 0. The summed E-state index contributed by atoms with van der Waals surface area (Å²) >= 11 is 1.39. The summed E-state index contributed by atoms with van der Waals surface area (Å²) in [6, 6.07) is 5.08. The molecule has 1 saturated carbocycles. The summed E-state index contributed by atoms with van der Waals surface area (Å²) in [6.07, 6.45) is 3.44. The summed E-state index contributed by atoms with van der Waals surface area (Å²) in [5.74, 6) is -1.24. The van der Waals surface area contributed by atoms with Gasteiger partial charge in [0.05, 0.1) is 22.1 Å². The van der Waals surface area contributed by atoms with E-state index in [1.807, 2.05) is 25.1 Å². The first-order chi connectivity index (χ1) is 12.5. The predicted molar refractivity (Wildman–Crippen MR) is 99.7 cm³/mol. The Morgan fingerprint density at radius 3 is 2.54 bits per heavy atom. The van der Waals surface area contributed by atoms with E-state index >= 15 is 0 Å². The number of aryl methyl sites for hydroxylation is 1. The number of aromatic nitrogens is 1. The van der Waals surface area contributed by atoms with Crippen molar-refractivity contribution in [1.82, 2.24) is 9.88 Å². The number of carbonyl (C=O) groups is 3. The zero-order valence-corrected chi connectivity index (χ0v) is 15.6. The summed E-state index contributed by atoms with van der Waals surface area (Å²) < 4.78 is 0.993. The van der Waals surface area contributed by atoms with Crippen LogP contribution in [0.3, 0.4) is 0 Å². The molecule has 2 aromatic rings. The predicted octanol–water partition coefficient (Wildman–Crippen LogP) is 3.11. The van der Waals surface area contributed by atoms with Gasteiger partial charge in [0, 0.05) is 0 Å². The van der Waals surface area contributed by atoms with Crippen molar-refractivity contribution in [3.63, 3.8) is 0 Å². The number of amides is 3. The lowest BCUT2D eigenvalue weighted by atomic mass is 9.81.